The third-order valence-electron chi connectivity index (χ3n) is 3.93. The van der Waals surface area contributed by atoms with Crippen molar-refractivity contribution in [3.05, 3.63) is 50.5 Å². The third-order valence-corrected chi connectivity index (χ3v) is 6.12. The van der Waals surface area contributed by atoms with E-state index in [9.17, 15) is 19.0 Å². The third kappa shape index (κ3) is 22.2. The molecule has 2 unspecified atom stereocenters. The van der Waals surface area contributed by atoms with Gasteiger partial charge in [0.2, 0.25) is 0 Å². The van der Waals surface area contributed by atoms with E-state index in [-0.39, 0.29) is 13.2 Å². The lowest BCUT2D eigenvalue weighted by Gasteiger charge is -2.18. The van der Waals surface area contributed by atoms with Crippen molar-refractivity contribution in [2.45, 2.75) is 71.3 Å². The first kappa shape index (κ1) is 34.6. The van der Waals surface area contributed by atoms with Gasteiger partial charge >= 0.3 is 16.1 Å². The smallest absolute Gasteiger partial charge is 0.382 e. The lowest BCUT2D eigenvalue weighted by atomic mass is 10.1. The molecule has 1 N–H and O–H groups in total. The summed E-state index contributed by atoms with van der Waals surface area (Å²) in [7, 11) is -5.79. The Morgan fingerprint density at radius 1 is 1.03 bits per heavy atom. The summed E-state index contributed by atoms with van der Waals surface area (Å²) in [5.41, 5.74) is 0. The molecule has 0 bridgehead atoms. The van der Waals surface area contributed by atoms with Crippen LogP contribution in [-0.4, -0.2) is 36.8 Å². The number of unbranched alkanes of at least 4 members (excludes halogenated alkanes) is 3. The van der Waals surface area contributed by atoms with Crippen LogP contribution in [0.5, 0.6) is 0 Å². The summed E-state index contributed by atoms with van der Waals surface area (Å²) in [6.45, 7) is 13.3. The molecule has 196 valence electrons. The molecule has 0 aliphatic heterocycles. The molecule has 0 heterocycles. The fraction of sp³-hybridized carbons (Fsp3) is 0.609. The number of aliphatic hydroxyl groups is 1. The van der Waals surface area contributed by atoms with Gasteiger partial charge in [0.05, 0.1) is 19.8 Å². The van der Waals surface area contributed by atoms with E-state index in [4.69, 9.17) is 13.6 Å². The summed E-state index contributed by atoms with van der Waals surface area (Å²) in [5, 5.41) is 9.41. The molecule has 0 aromatic heterocycles. The number of rotatable bonds is 17. The Kier molecular flexibility index (Phi) is 24.9. The number of hydrogen-bond donors (Lipinski definition) is 1. The molecule has 2 atom stereocenters. The van der Waals surface area contributed by atoms with E-state index in [1.165, 1.54) is 25.7 Å². The maximum absolute atomic E-state index is 12.1. The monoisotopic (exact) mass is 523 g/mol. The van der Waals surface area contributed by atoms with E-state index < -0.39 is 34.6 Å². The summed E-state index contributed by atoms with van der Waals surface area (Å²) >= 11 is 0. The molecule has 0 saturated carbocycles. The average molecular weight is 524 g/mol. The van der Waals surface area contributed by atoms with Crippen molar-refractivity contribution in [1.29, 1.82) is 0 Å². The Balaban J connectivity index is 0. The maximum Gasteiger partial charge on any atom is 0.804 e. The van der Waals surface area contributed by atoms with Crippen molar-refractivity contribution in [1.82, 2.24) is 0 Å². The molecule has 0 radical (unpaired) electrons. The van der Waals surface area contributed by atoms with Crippen LogP contribution in [0, 0.1) is 0 Å². The zero-order valence-electron chi connectivity index (χ0n) is 20.5. The molecule has 11 heteroatoms. The van der Waals surface area contributed by atoms with E-state index in [0.29, 0.717) is 0 Å². The van der Waals surface area contributed by atoms with Gasteiger partial charge < -0.3 is 5.11 Å². The molecular formula is C23H41O9P2+. The molecule has 0 aromatic carbocycles. The summed E-state index contributed by atoms with van der Waals surface area (Å²) in [5.74, 6) is -0.601. The Bertz CT molecular complexity index is 630. The molecule has 0 saturated heterocycles. The van der Waals surface area contributed by atoms with Crippen LogP contribution in [0.3, 0.4) is 0 Å². The molecule has 1 rings (SSSR count). The highest BCUT2D eigenvalue weighted by molar-refractivity contribution is 7.48. The normalized spacial score (nSPS) is 14.6. The molecule has 0 fully saturated rings. The number of ketones is 1. The van der Waals surface area contributed by atoms with E-state index >= 15 is 0 Å². The molecule has 34 heavy (non-hydrogen) atoms. The number of hydrogen-bond acceptors (Lipinski definition) is 9. The van der Waals surface area contributed by atoms with Crippen molar-refractivity contribution in [3.8, 4) is 0 Å². The molecule has 0 spiro atoms. The average Bonchev–Trinajstić information content (AvgIpc) is 2.84. The van der Waals surface area contributed by atoms with E-state index in [1.807, 2.05) is 0 Å². The minimum Gasteiger partial charge on any atom is -0.382 e. The number of phosphoric ester groups is 1. The minimum atomic E-state index is -3.72. The Hall–Kier alpha value is -1.60. The van der Waals surface area contributed by atoms with Gasteiger partial charge in [-0.25, -0.2) is 13.6 Å². The summed E-state index contributed by atoms with van der Waals surface area (Å²) in [4.78, 5) is 11.1. The second-order valence-corrected chi connectivity index (χ2v) is 9.24. The van der Waals surface area contributed by atoms with Gasteiger partial charge in [-0.05, 0) is 45.1 Å². The fourth-order valence-corrected chi connectivity index (χ4v) is 3.77. The lowest BCUT2D eigenvalue weighted by Crippen LogP contribution is -2.24. The summed E-state index contributed by atoms with van der Waals surface area (Å²) in [6.07, 6.45) is 15.5. The standard InChI is InChI=1S/C13H25O6P.C6H10.C4H6O3P/c1-4-7-8-9-10-18-20(16,17-6-3)19-11-13(15)12(14)5-2;1-2-4-6-5-3-1;1-3-6-8(5)7-4-2/h5,13,15H,2,4,6-11H2,1,3H3;1-2H,3-6H2;3-4H,1-2H2/q;;+1. The van der Waals surface area contributed by atoms with Crippen molar-refractivity contribution in [3.63, 3.8) is 0 Å². The van der Waals surface area contributed by atoms with Gasteiger partial charge in [0.1, 0.15) is 18.6 Å². The van der Waals surface area contributed by atoms with Crippen molar-refractivity contribution in [2.24, 2.45) is 0 Å². The van der Waals surface area contributed by atoms with Crippen LogP contribution in [0.4, 0.5) is 0 Å². The number of carbonyl (C=O) groups is 1. The maximum atomic E-state index is 12.1. The first-order valence-electron chi connectivity index (χ1n) is 11.4. The molecule has 0 amide bonds. The zero-order chi connectivity index (χ0) is 26.1. The van der Waals surface area contributed by atoms with Crippen LogP contribution < -0.4 is 0 Å². The van der Waals surface area contributed by atoms with Gasteiger partial charge in [0, 0.05) is 4.57 Å². The summed E-state index contributed by atoms with van der Waals surface area (Å²) < 4.78 is 45.9. The van der Waals surface area contributed by atoms with E-state index in [2.05, 4.69) is 47.9 Å². The van der Waals surface area contributed by atoms with Gasteiger partial charge in [0.25, 0.3) is 0 Å². The fourth-order valence-electron chi connectivity index (χ4n) is 2.26. The van der Waals surface area contributed by atoms with Gasteiger partial charge in [-0.3, -0.25) is 18.4 Å². The highest BCUT2D eigenvalue weighted by Gasteiger charge is 2.28. The second kappa shape index (κ2) is 24.5. The highest BCUT2D eigenvalue weighted by atomic mass is 31.2. The lowest BCUT2D eigenvalue weighted by molar-refractivity contribution is -0.123. The van der Waals surface area contributed by atoms with Crippen LogP contribution in [0.2, 0.25) is 0 Å². The minimum absolute atomic E-state index is 0.151. The van der Waals surface area contributed by atoms with Crippen LogP contribution in [0.25, 0.3) is 0 Å². The first-order chi connectivity index (χ1) is 16.3. The van der Waals surface area contributed by atoms with Gasteiger partial charge in [0.15, 0.2) is 5.78 Å². The predicted octanol–water partition coefficient (Wildman–Crippen LogP) is 6.94. The Labute approximate surface area is 205 Å². The van der Waals surface area contributed by atoms with Crippen LogP contribution in [0.1, 0.15) is 65.2 Å². The zero-order valence-corrected chi connectivity index (χ0v) is 22.3. The highest BCUT2D eigenvalue weighted by Crippen LogP contribution is 2.49. The molecule has 9 nitrogen and oxygen atoms in total. The van der Waals surface area contributed by atoms with Gasteiger partial charge in [-0.2, -0.15) is 0 Å². The Morgan fingerprint density at radius 3 is 2.03 bits per heavy atom. The molecule has 1 aliphatic rings. The molecule has 1 aliphatic carbocycles. The van der Waals surface area contributed by atoms with Crippen molar-refractivity contribution in [2.75, 3.05) is 19.8 Å². The van der Waals surface area contributed by atoms with E-state index in [1.54, 1.807) is 6.92 Å². The quantitative estimate of drug-likeness (QED) is 0.0711. The molecular weight excluding hydrogens is 482 g/mol. The SMILES string of the molecule is C1=CCCCC1.C=CC(=O)C(O)COP(=O)(OCC)OCCCCCC.C=CO[P+](=O)OC=C. The largest absolute Gasteiger partial charge is 0.804 e. The number of allylic oxidation sites excluding steroid dienone is 2. The van der Waals surface area contributed by atoms with Crippen LogP contribution >= 0.6 is 16.1 Å². The number of carbonyl (C=O) groups excluding carboxylic acids is 1. The molecule has 0 aromatic rings. The topological polar surface area (TPSA) is 118 Å². The summed E-state index contributed by atoms with van der Waals surface area (Å²) in [6, 6.07) is 0. The van der Waals surface area contributed by atoms with Crippen molar-refractivity contribution < 1.29 is 41.6 Å². The second-order valence-electron chi connectivity index (χ2n) is 6.70. The first-order valence-corrected chi connectivity index (χ1v) is 13.9. The van der Waals surface area contributed by atoms with Gasteiger partial charge in [-0.15, -0.1) is 0 Å². The number of phosphoric acid groups is 1. The predicted molar refractivity (Wildman–Crippen MR) is 134 cm³/mol. The number of aliphatic hydroxyl groups excluding tert-OH is 1. The van der Waals surface area contributed by atoms with Crippen LogP contribution in [-0.2, 0) is 36.5 Å². The van der Waals surface area contributed by atoms with Crippen molar-refractivity contribution >= 4 is 21.9 Å². The van der Waals surface area contributed by atoms with Crippen LogP contribution in [0.15, 0.2) is 50.5 Å². The van der Waals surface area contributed by atoms with Gasteiger partial charge in [-0.1, -0.05) is 58.1 Å². The Morgan fingerprint density at radius 2 is 1.62 bits per heavy atom. The van der Waals surface area contributed by atoms with E-state index in [0.717, 1.165) is 44.3 Å².